The van der Waals surface area contributed by atoms with Crippen molar-refractivity contribution >= 4 is 11.6 Å². The zero-order chi connectivity index (χ0) is 12.1. The van der Waals surface area contributed by atoms with Gasteiger partial charge in [-0.05, 0) is 12.1 Å². The summed E-state index contributed by atoms with van der Waals surface area (Å²) in [5.41, 5.74) is 0.759. The van der Waals surface area contributed by atoms with Gasteiger partial charge in [-0.1, -0.05) is 23.4 Å². The minimum absolute atomic E-state index is 0.0593. The van der Waals surface area contributed by atoms with Crippen molar-refractivity contribution < 1.29 is 5.11 Å². The average molecular weight is 249 g/mol. The highest BCUT2D eigenvalue weighted by molar-refractivity contribution is 6.29. The lowest BCUT2D eigenvalue weighted by Gasteiger charge is -1.96. The van der Waals surface area contributed by atoms with Crippen LogP contribution < -0.4 is 0 Å². The minimum atomic E-state index is 0.0593. The monoisotopic (exact) mass is 248 g/mol. The number of hydrogen-bond donors (Lipinski definition) is 1. The van der Waals surface area contributed by atoms with E-state index in [1.165, 1.54) is 0 Å². The highest BCUT2D eigenvalue weighted by atomic mass is 35.5. The Bertz CT molecular complexity index is 553. The zero-order valence-corrected chi connectivity index (χ0v) is 9.59. The molecule has 86 valence electrons. The molecule has 0 spiro atoms. The van der Waals surface area contributed by atoms with Crippen molar-refractivity contribution in [3.8, 4) is 17.7 Å². The molecule has 0 amide bonds. The van der Waals surface area contributed by atoms with Crippen molar-refractivity contribution in [2.75, 3.05) is 6.61 Å². The molecule has 2 aromatic rings. The van der Waals surface area contributed by atoms with Crippen molar-refractivity contribution in [3.63, 3.8) is 0 Å². The highest BCUT2D eigenvalue weighted by Crippen LogP contribution is 2.07. The number of aliphatic hydroxyl groups is 1. The van der Waals surface area contributed by atoms with E-state index in [1.807, 2.05) is 0 Å². The Morgan fingerprint density at radius 1 is 1.35 bits per heavy atom. The van der Waals surface area contributed by atoms with Crippen molar-refractivity contribution in [1.29, 1.82) is 0 Å². The highest BCUT2D eigenvalue weighted by Gasteiger charge is 2.00. The first-order valence-corrected chi connectivity index (χ1v) is 5.31. The van der Waals surface area contributed by atoms with Crippen molar-refractivity contribution in [3.05, 3.63) is 35.2 Å². The van der Waals surface area contributed by atoms with E-state index in [1.54, 1.807) is 29.2 Å². The topological polar surface area (TPSA) is 63.8 Å². The van der Waals surface area contributed by atoms with Crippen LogP contribution in [0.2, 0.25) is 5.15 Å². The van der Waals surface area contributed by atoms with Crippen LogP contribution in [0.4, 0.5) is 0 Å². The molecule has 0 bridgehead atoms. The van der Waals surface area contributed by atoms with E-state index in [4.69, 9.17) is 16.7 Å². The van der Waals surface area contributed by atoms with E-state index in [2.05, 4.69) is 27.1 Å². The van der Waals surface area contributed by atoms with Crippen LogP contribution in [-0.2, 0) is 0 Å². The third-order valence-corrected chi connectivity index (χ3v) is 2.11. The van der Waals surface area contributed by atoms with Crippen molar-refractivity contribution in [2.45, 2.75) is 6.42 Å². The Balaban J connectivity index is 2.19. The smallest absolute Gasteiger partial charge is 0.175 e. The Hall–Kier alpha value is -1.90. The summed E-state index contributed by atoms with van der Waals surface area (Å²) in [4.78, 5) is 0. The molecule has 0 aliphatic rings. The Kier molecular flexibility index (Phi) is 3.70. The Morgan fingerprint density at radius 2 is 2.24 bits per heavy atom. The number of halogens is 1. The second-order valence-corrected chi connectivity index (χ2v) is 3.55. The number of hydrogen-bond acceptors (Lipinski definition) is 4. The Labute approximate surface area is 103 Å². The van der Waals surface area contributed by atoms with Gasteiger partial charge < -0.3 is 5.11 Å². The van der Waals surface area contributed by atoms with Gasteiger partial charge in [-0.3, -0.25) is 0 Å². The van der Waals surface area contributed by atoms with Gasteiger partial charge in [-0.25, -0.2) is 4.68 Å². The van der Waals surface area contributed by atoms with Gasteiger partial charge in [0, 0.05) is 12.6 Å². The van der Waals surface area contributed by atoms with Crippen molar-refractivity contribution in [2.24, 2.45) is 0 Å². The first kappa shape index (κ1) is 11.6. The molecule has 2 aromatic heterocycles. The largest absolute Gasteiger partial charge is 0.395 e. The SMILES string of the molecule is OCCC#Cc1cnn(-c2ccc(Cl)nn2)c1. The molecule has 5 nitrogen and oxygen atoms in total. The van der Waals surface area contributed by atoms with Gasteiger partial charge in [0.25, 0.3) is 0 Å². The molecule has 0 atom stereocenters. The molecule has 17 heavy (non-hydrogen) atoms. The summed E-state index contributed by atoms with van der Waals surface area (Å²) in [6.07, 6.45) is 3.81. The lowest BCUT2D eigenvalue weighted by molar-refractivity contribution is 0.305. The van der Waals surface area contributed by atoms with Crippen LogP contribution in [0.1, 0.15) is 12.0 Å². The van der Waals surface area contributed by atoms with Crippen LogP contribution in [-0.4, -0.2) is 31.7 Å². The van der Waals surface area contributed by atoms with Crippen LogP contribution in [0.3, 0.4) is 0 Å². The molecule has 0 saturated heterocycles. The minimum Gasteiger partial charge on any atom is -0.395 e. The molecule has 2 rings (SSSR count). The molecule has 0 saturated carbocycles. The first-order valence-electron chi connectivity index (χ1n) is 4.93. The zero-order valence-electron chi connectivity index (χ0n) is 8.84. The summed E-state index contributed by atoms with van der Waals surface area (Å²) < 4.78 is 1.56. The molecule has 0 unspecified atom stereocenters. The van der Waals surface area contributed by atoms with E-state index < -0.39 is 0 Å². The fourth-order valence-electron chi connectivity index (χ4n) is 1.16. The molecule has 0 radical (unpaired) electrons. The van der Waals surface area contributed by atoms with Gasteiger partial charge in [0.15, 0.2) is 11.0 Å². The summed E-state index contributed by atoms with van der Waals surface area (Å²) in [5.74, 6) is 6.27. The van der Waals surface area contributed by atoms with Gasteiger partial charge in [-0.15, -0.1) is 10.2 Å². The van der Waals surface area contributed by atoms with Crippen LogP contribution >= 0.6 is 11.6 Å². The van der Waals surface area contributed by atoms with Gasteiger partial charge >= 0.3 is 0 Å². The fraction of sp³-hybridized carbons (Fsp3) is 0.182. The second kappa shape index (κ2) is 5.43. The van der Waals surface area contributed by atoms with E-state index in [0.29, 0.717) is 17.4 Å². The Morgan fingerprint density at radius 3 is 2.94 bits per heavy atom. The van der Waals surface area contributed by atoms with E-state index in [0.717, 1.165) is 5.56 Å². The van der Waals surface area contributed by atoms with Crippen LogP contribution in [0, 0.1) is 11.8 Å². The number of aliphatic hydroxyl groups excluding tert-OH is 1. The quantitative estimate of drug-likeness (QED) is 0.807. The van der Waals surface area contributed by atoms with Crippen LogP contribution in [0.15, 0.2) is 24.5 Å². The summed E-state index contributed by atoms with van der Waals surface area (Å²) in [6, 6.07) is 3.36. The maximum atomic E-state index is 8.60. The van der Waals surface area contributed by atoms with E-state index >= 15 is 0 Å². The van der Waals surface area contributed by atoms with Crippen LogP contribution in [0.25, 0.3) is 5.82 Å². The number of nitrogens with zero attached hydrogens (tertiary/aromatic N) is 4. The van der Waals surface area contributed by atoms with Gasteiger partial charge in [0.05, 0.1) is 18.4 Å². The van der Waals surface area contributed by atoms with Gasteiger partial charge in [0.1, 0.15) is 0 Å². The number of aromatic nitrogens is 4. The average Bonchev–Trinajstić information content (AvgIpc) is 2.79. The molecular weight excluding hydrogens is 240 g/mol. The third-order valence-electron chi connectivity index (χ3n) is 1.90. The lowest BCUT2D eigenvalue weighted by atomic mass is 10.3. The lowest BCUT2D eigenvalue weighted by Crippen LogP contribution is -1.98. The normalized spacial score (nSPS) is 9.76. The third kappa shape index (κ3) is 3.03. The summed E-state index contributed by atoms with van der Waals surface area (Å²) in [5, 5.41) is 20.7. The number of rotatable bonds is 2. The fourth-order valence-corrected chi connectivity index (χ4v) is 1.27. The van der Waals surface area contributed by atoms with E-state index in [9.17, 15) is 0 Å². The van der Waals surface area contributed by atoms with Crippen LogP contribution in [0.5, 0.6) is 0 Å². The summed E-state index contributed by atoms with van der Waals surface area (Å²) in [7, 11) is 0. The summed E-state index contributed by atoms with van der Waals surface area (Å²) >= 11 is 5.64. The first-order chi connectivity index (χ1) is 8.29. The predicted molar refractivity (Wildman–Crippen MR) is 62.7 cm³/mol. The second-order valence-electron chi connectivity index (χ2n) is 3.16. The standard InChI is InChI=1S/C11H9ClN4O/c12-10-4-5-11(15-14-10)16-8-9(7-13-16)3-1-2-6-17/h4-5,7-8,17H,2,6H2. The molecule has 0 aromatic carbocycles. The molecule has 0 aliphatic carbocycles. The molecule has 0 aliphatic heterocycles. The molecule has 1 N–H and O–H groups in total. The van der Waals surface area contributed by atoms with E-state index in [-0.39, 0.29) is 6.61 Å². The molecule has 6 heteroatoms. The molecule has 2 heterocycles. The summed E-state index contributed by atoms with van der Waals surface area (Å²) in [6.45, 7) is 0.0593. The molecular formula is C11H9ClN4O. The predicted octanol–water partition coefficient (Wildman–Crippen LogP) is 1.05. The van der Waals surface area contributed by atoms with Crippen molar-refractivity contribution in [1.82, 2.24) is 20.0 Å². The van der Waals surface area contributed by atoms with Gasteiger partial charge in [-0.2, -0.15) is 5.10 Å². The maximum absolute atomic E-state index is 8.60. The molecule has 0 fully saturated rings. The van der Waals surface area contributed by atoms with Gasteiger partial charge in [0.2, 0.25) is 0 Å². The maximum Gasteiger partial charge on any atom is 0.175 e.